The van der Waals surface area contributed by atoms with Gasteiger partial charge >= 0.3 is 0 Å². The summed E-state index contributed by atoms with van der Waals surface area (Å²) in [5, 5.41) is 9.53. The van der Waals surface area contributed by atoms with Gasteiger partial charge in [-0.05, 0) is 37.0 Å². The minimum absolute atomic E-state index is 0.613. The minimum Gasteiger partial charge on any atom is -0.367 e. The Bertz CT molecular complexity index is 444. The molecule has 90 valence electrons. The smallest absolute Gasteiger partial charge is 0.0992 e. The Hall–Kier alpha value is -1.20. The van der Waals surface area contributed by atoms with E-state index in [-0.39, 0.29) is 0 Å². The topological polar surface area (TPSA) is 27.0 Å². The highest BCUT2D eigenvalue weighted by atomic mass is 35.5. The Labute approximate surface area is 108 Å². The van der Waals surface area contributed by atoms with Crippen LogP contribution in [0, 0.1) is 17.2 Å². The van der Waals surface area contributed by atoms with Gasteiger partial charge in [0.2, 0.25) is 0 Å². The second-order valence-corrected chi connectivity index (χ2v) is 5.46. The van der Waals surface area contributed by atoms with Gasteiger partial charge in [0.1, 0.15) is 0 Å². The standard InChI is InChI=1S/C14H17ClN2/c1-10(2)9-17(12-4-5-12)14-6-3-11(8-16)7-13(14)15/h3,6-7,10,12H,4-5,9H2,1-2H3. The van der Waals surface area contributed by atoms with E-state index in [0.29, 0.717) is 22.5 Å². The molecule has 0 amide bonds. The van der Waals surface area contributed by atoms with E-state index < -0.39 is 0 Å². The molecule has 0 N–H and O–H groups in total. The van der Waals surface area contributed by atoms with Crippen LogP contribution in [0.15, 0.2) is 18.2 Å². The van der Waals surface area contributed by atoms with Crippen LogP contribution >= 0.6 is 11.6 Å². The maximum atomic E-state index is 8.84. The number of nitriles is 1. The van der Waals surface area contributed by atoms with Crippen molar-refractivity contribution in [3.63, 3.8) is 0 Å². The predicted molar refractivity (Wildman–Crippen MR) is 71.4 cm³/mol. The molecule has 1 aliphatic carbocycles. The number of nitrogens with zero attached hydrogens (tertiary/aromatic N) is 2. The molecule has 0 aliphatic heterocycles. The van der Waals surface area contributed by atoms with Gasteiger partial charge in [-0.1, -0.05) is 25.4 Å². The molecule has 0 aromatic heterocycles. The van der Waals surface area contributed by atoms with Gasteiger partial charge in [-0.25, -0.2) is 0 Å². The number of benzene rings is 1. The summed E-state index contributed by atoms with van der Waals surface area (Å²) >= 11 is 6.27. The molecule has 1 saturated carbocycles. The third-order valence-electron chi connectivity index (χ3n) is 2.94. The summed E-state index contributed by atoms with van der Waals surface area (Å²) in [6, 6.07) is 8.33. The van der Waals surface area contributed by atoms with Crippen LogP contribution in [0.1, 0.15) is 32.3 Å². The van der Waals surface area contributed by atoms with Crippen LogP contribution in [0.2, 0.25) is 5.02 Å². The first-order chi connectivity index (χ1) is 8.11. The van der Waals surface area contributed by atoms with E-state index in [4.69, 9.17) is 16.9 Å². The van der Waals surface area contributed by atoms with Crippen molar-refractivity contribution in [2.24, 2.45) is 5.92 Å². The van der Waals surface area contributed by atoms with Gasteiger partial charge in [0.25, 0.3) is 0 Å². The van der Waals surface area contributed by atoms with E-state index in [2.05, 4.69) is 24.8 Å². The molecule has 0 spiro atoms. The van der Waals surface area contributed by atoms with Gasteiger partial charge in [0.05, 0.1) is 22.3 Å². The summed E-state index contributed by atoms with van der Waals surface area (Å²) in [5.41, 5.74) is 1.70. The van der Waals surface area contributed by atoms with Gasteiger partial charge in [-0.2, -0.15) is 5.26 Å². The molecule has 0 unspecified atom stereocenters. The van der Waals surface area contributed by atoms with Crippen molar-refractivity contribution in [2.75, 3.05) is 11.4 Å². The molecule has 0 radical (unpaired) electrons. The van der Waals surface area contributed by atoms with Gasteiger partial charge in [-0.15, -0.1) is 0 Å². The summed E-state index contributed by atoms with van der Waals surface area (Å²) in [7, 11) is 0. The minimum atomic E-state index is 0.613. The zero-order chi connectivity index (χ0) is 12.4. The van der Waals surface area contributed by atoms with E-state index in [1.54, 1.807) is 6.07 Å². The molecular formula is C14H17ClN2. The average Bonchev–Trinajstić information content (AvgIpc) is 3.09. The number of rotatable bonds is 4. The van der Waals surface area contributed by atoms with Crippen molar-refractivity contribution in [2.45, 2.75) is 32.7 Å². The lowest BCUT2D eigenvalue weighted by Gasteiger charge is -2.27. The largest absolute Gasteiger partial charge is 0.367 e. The number of anilines is 1. The van der Waals surface area contributed by atoms with Gasteiger partial charge in [0, 0.05) is 12.6 Å². The molecule has 1 aromatic carbocycles. The molecule has 1 aliphatic rings. The van der Waals surface area contributed by atoms with Crippen LogP contribution in [-0.2, 0) is 0 Å². The van der Waals surface area contributed by atoms with E-state index in [1.165, 1.54) is 12.8 Å². The Morgan fingerprint density at radius 3 is 2.65 bits per heavy atom. The average molecular weight is 249 g/mol. The van der Waals surface area contributed by atoms with E-state index >= 15 is 0 Å². The van der Waals surface area contributed by atoms with Gasteiger partial charge < -0.3 is 4.90 Å². The summed E-state index contributed by atoms with van der Waals surface area (Å²) in [6.45, 7) is 5.45. The summed E-state index contributed by atoms with van der Waals surface area (Å²) in [5.74, 6) is 0.613. The normalized spacial score (nSPS) is 14.8. The SMILES string of the molecule is CC(C)CN(c1ccc(C#N)cc1Cl)C1CC1. The molecule has 1 aromatic rings. The van der Waals surface area contributed by atoms with Crippen LogP contribution < -0.4 is 4.90 Å². The van der Waals surface area contributed by atoms with Crippen LogP contribution in [0.5, 0.6) is 0 Å². The number of halogens is 1. The Kier molecular flexibility index (Phi) is 3.59. The molecule has 0 bridgehead atoms. The maximum absolute atomic E-state index is 8.84. The lowest BCUT2D eigenvalue weighted by atomic mass is 10.1. The van der Waals surface area contributed by atoms with Crippen LogP contribution in [0.3, 0.4) is 0 Å². The highest BCUT2D eigenvalue weighted by Crippen LogP contribution is 2.36. The summed E-state index contributed by atoms with van der Waals surface area (Å²) in [4.78, 5) is 2.38. The molecule has 2 rings (SSSR count). The lowest BCUT2D eigenvalue weighted by molar-refractivity contribution is 0.607. The third kappa shape index (κ3) is 2.92. The highest BCUT2D eigenvalue weighted by molar-refractivity contribution is 6.33. The van der Waals surface area contributed by atoms with Gasteiger partial charge in [0.15, 0.2) is 0 Å². The van der Waals surface area contributed by atoms with Crippen LogP contribution in [-0.4, -0.2) is 12.6 Å². The van der Waals surface area contributed by atoms with Crippen molar-refractivity contribution in [1.29, 1.82) is 5.26 Å². The fraction of sp³-hybridized carbons (Fsp3) is 0.500. The maximum Gasteiger partial charge on any atom is 0.0992 e. The fourth-order valence-electron chi connectivity index (χ4n) is 2.03. The van der Waals surface area contributed by atoms with Crippen molar-refractivity contribution >= 4 is 17.3 Å². The molecule has 0 atom stereocenters. The van der Waals surface area contributed by atoms with Crippen molar-refractivity contribution in [3.8, 4) is 6.07 Å². The molecular weight excluding hydrogens is 232 g/mol. The second-order valence-electron chi connectivity index (χ2n) is 5.06. The third-order valence-corrected chi connectivity index (χ3v) is 3.24. The van der Waals surface area contributed by atoms with E-state index in [9.17, 15) is 0 Å². The first kappa shape index (κ1) is 12.3. The Balaban J connectivity index is 2.26. The zero-order valence-corrected chi connectivity index (χ0v) is 11.0. The second kappa shape index (κ2) is 4.98. The molecule has 2 nitrogen and oxygen atoms in total. The molecule has 1 fully saturated rings. The quantitative estimate of drug-likeness (QED) is 0.810. The van der Waals surface area contributed by atoms with Crippen LogP contribution in [0.25, 0.3) is 0 Å². The Morgan fingerprint density at radius 2 is 2.18 bits per heavy atom. The molecule has 3 heteroatoms. The van der Waals surface area contributed by atoms with Crippen molar-refractivity contribution in [1.82, 2.24) is 0 Å². The fourth-order valence-corrected chi connectivity index (χ4v) is 2.32. The predicted octanol–water partition coefficient (Wildman–Crippen LogP) is 3.84. The number of hydrogen-bond acceptors (Lipinski definition) is 2. The van der Waals surface area contributed by atoms with Crippen LogP contribution in [0.4, 0.5) is 5.69 Å². The monoisotopic (exact) mass is 248 g/mol. The van der Waals surface area contributed by atoms with Crippen molar-refractivity contribution in [3.05, 3.63) is 28.8 Å². The summed E-state index contributed by atoms with van der Waals surface area (Å²) < 4.78 is 0. The first-order valence-corrected chi connectivity index (χ1v) is 6.46. The van der Waals surface area contributed by atoms with Crippen molar-refractivity contribution < 1.29 is 0 Å². The highest BCUT2D eigenvalue weighted by Gasteiger charge is 2.30. The molecule has 0 saturated heterocycles. The Morgan fingerprint density at radius 1 is 1.47 bits per heavy atom. The molecule has 0 heterocycles. The number of hydrogen-bond donors (Lipinski definition) is 0. The van der Waals surface area contributed by atoms with E-state index in [0.717, 1.165) is 12.2 Å². The molecule has 17 heavy (non-hydrogen) atoms. The van der Waals surface area contributed by atoms with E-state index in [1.807, 2.05) is 12.1 Å². The van der Waals surface area contributed by atoms with Gasteiger partial charge in [-0.3, -0.25) is 0 Å². The summed E-state index contributed by atoms with van der Waals surface area (Å²) in [6.07, 6.45) is 2.51. The first-order valence-electron chi connectivity index (χ1n) is 6.08. The lowest BCUT2D eigenvalue weighted by Crippen LogP contribution is -2.30. The zero-order valence-electron chi connectivity index (χ0n) is 10.3.